The Bertz CT molecular complexity index is 551. The summed E-state index contributed by atoms with van der Waals surface area (Å²) in [5.74, 6) is 2.74. The molecule has 9 heteroatoms. The van der Waals surface area contributed by atoms with Gasteiger partial charge in [-0.1, -0.05) is 0 Å². The van der Waals surface area contributed by atoms with Gasteiger partial charge in [-0.3, -0.25) is 9.89 Å². The number of methoxy groups -OCH3 is 1. The highest BCUT2D eigenvalue weighted by Crippen LogP contribution is 2.15. The molecule has 8 nitrogen and oxygen atoms in total. The van der Waals surface area contributed by atoms with Crippen molar-refractivity contribution in [2.45, 2.75) is 39.4 Å². The third-order valence-electron chi connectivity index (χ3n) is 4.75. The fraction of sp³-hybridized carbons (Fsp3) is 0.812. The molecule has 0 aromatic carbocycles. The number of rotatable bonds is 5. The maximum Gasteiger partial charge on any atom is 0.194 e. The summed E-state index contributed by atoms with van der Waals surface area (Å²) in [4.78, 5) is 9.27. The van der Waals surface area contributed by atoms with Crippen molar-refractivity contribution in [2.24, 2.45) is 12.0 Å². The van der Waals surface area contributed by atoms with E-state index in [1.165, 1.54) is 0 Å². The number of hydrogen-bond acceptors (Lipinski definition) is 5. The molecule has 1 N–H and O–H groups in total. The summed E-state index contributed by atoms with van der Waals surface area (Å²) in [6.07, 6.45) is 0. The van der Waals surface area contributed by atoms with E-state index in [0.29, 0.717) is 18.6 Å². The minimum atomic E-state index is 0. The molecule has 1 aromatic heterocycles. The fourth-order valence-electron chi connectivity index (χ4n) is 3.26. The largest absolute Gasteiger partial charge is 0.383 e. The predicted octanol–water partition coefficient (Wildman–Crippen LogP) is 0.858. The number of nitrogens with zero attached hydrogens (tertiary/aromatic N) is 6. The van der Waals surface area contributed by atoms with Crippen molar-refractivity contribution in [3.05, 3.63) is 11.6 Å². The Morgan fingerprint density at radius 2 is 1.92 bits per heavy atom. The number of aliphatic imine (C=N–C) groups is 1. The Kier molecular flexibility index (Phi) is 9.08. The molecule has 0 spiro atoms. The van der Waals surface area contributed by atoms with E-state index in [4.69, 9.17) is 4.74 Å². The highest BCUT2D eigenvalue weighted by atomic mass is 127. The van der Waals surface area contributed by atoms with E-state index in [9.17, 15) is 0 Å². The van der Waals surface area contributed by atoms with E-state index in [-0.39, 0.29) is 24.0 Å². The van der Waals surface area contributed by atoms with E-state index < -0.39 is 0 Å². The van der Waals surface area contributed by atoms with Crippen LogP contribution >= 0.6 is 24.0 Å². The van der Waals surface area contributed by atoms with Gasteiger partial charge in [-0.25, -0.2) is 0 Å². The van der Waals surface area contributed by atoms with Crippen LogP contribution in [-0.2, 0) is 18.3 Å². The van der Waals surface area contributed by atoms with Gasteiger partial charge in [0.1, 0.15) is 5.82 Å². The first kappa shape index (κ1) is 22.1. The Morgan fingerprint density at radius 3 is 2.40 bits per heavy atom. The lowest BCUT2D eigenvalue weighted by atomic mass is 10.1. The van der Waals surface area contributed by atoms with Crippen molar-refractivity contribution in [3.8, 4) is 0 Å². The Hall–Kier alpha value is -0.940. The second-order valence-electron chi connectivity index (χ2n) is 6.46. The van der Waals surface area contributed by atoms with Gasteiger partial charge in [0.15, 0.2) is 11.8 Å². The van der Waals surface area contributed by atoms with E-state index in [0.717, 1.165) is 43.8 Å². The molecule has 2 heterocycles. The third-order valence-corrected chi connectivity index (χ3v) is 4.75. The number of nitrogens with one attached hydrogen (secondary N) is 1. The molecular weight excluding hydrogens is 433 g/mol. The highest BCUT2D eigenvalue weighted by Gasteiger charge is 2.30. The molecule has 0 saturated carbocycles. The fourth-order valence-corrected chi connectivity index (χ4v) is 3.26. The summed E-state index contributed by atoms with van der Waals surface area (Å²) in [6, 6.07) is 0.916. The van der Waals surface area contributed by atoms with E-state index in [1.54, 1.807) is 7.11 Å². The molecule has 144 valence electrons. The Morgan fingerprint density at radius 1 is 1.28 bits per heavy atom. The lowest BCUT2D eigenvalue weighted by Gasteiger charge is -2.45. The number of ether oxygens (including phenoxy) is 1. The van der Waals surface area contributed by atoms with Gasteiger partial charge in [0.25, 0.3) is 0 Å². The van der Waals surface area contributed by atoms with Gasteiger partial charge in [0.2, 0.25) is 0 Å². The number of halogens is 1. The van der Waals surface area contributed by atoms with E-state index >= 15 is 0 Å². The topological polar surface area (TPSA) is 70.8 Å². The zero-order chi connectivity index (χ0) is 17.7. The van der Waals surface area contributed by atoms with E-state index in [2.05, 4.69) is 44.2 Å². The van der Waals surface area contributed by atoms with Gasteiger partial charge in [0.05, 0.1) is 13.2 Å². The second kappa shape index (κ2) is 10.3. The highest BCUT2D eigenvalue weighted by molar-refractivity contribution is 14.0. The van der Waals surface area contributed by atoms with Crippen LogP contribution in [-0.4, -0.2) is 83.0 Å². The molecular formula is C16H32IN7O. The zero-order valence-electron chi connectivity index (χ0n) is 16.2. The summed E-state index contributed by atoms with van der Waals surface area (Å²) in [7, 11) is 5.57. The summed E-state index contributed by atoms with van der Waals surface area (Å²) >= 11 is 0. The molecule has 2 unspecified atom stereocenters. The normalized spacial score (nSPS) is 22.0. The van der Waals surface area contributed by atoms with Crippen LogP contribution in [0.15, 0.2) is 4.99 Å². The monoisotopic (exact) mass is 465 g/mol. The molecule has 2 rings (SSSR count). The molecule has 0 amide bonds. The Balaban J connectivity index is 0.00000312. The third kappa shape index (κ3) is 5.52. The predicted molar refractivity (Wildman–Crippen MR) is 110 cm³/mol. The first-order valence-electron chi connectivity index (χ1n) is 8.53. The van der Waals surface area contributed by atoms with Crippen LogP contribution in [0.3, 0.4) is 0 Å². The van der Waals surface area contributed by atoms with Gasteiger partial charge in [-0.05, 0) is 20.8 Å². The minimum Gasteiger partial charge on any atom is -0.383 e. The van der Waals surface area contributed by atoms with Crippen LogP contribution in [0.2, 0.25) is 0 Å². The SMILES string of the molecule is CN=C(NCc1nnc(C)n1C)N1CC(C)N(CCOC)C(C)C1.I. The molecule has 2 atom stereocenters. The average Bonchev–Trinajstić information content (AvgIpc) is 2.87. The zero-order valence-corrected chi connectivity index (χ0v) is 18.5. The number of hydrogen-bond donors (Lipinski definition) is 1. The second-order valence-corrected chi connectivity index (χ2v) is 6.46. The molecule has 0 radical (unpaired) electrons. The summed E-state index contributed by atoms with van der Waals surface area (Å²) < 4.78 is 7.23. The van der Waals surface area contributed by atoms with Crippen LogP contribution in [0, 0.1) is 6.92 Å². The molecule has 1 saturated heterocycles. The van der Waals surface area contributed by atoms with Gasteiger partial charge in [-0.2, -0.15) is 0 Å². The first-order valence-corrected chi connectivity index (χ1v) is 8.53. The summed E-state index contributed by atoms with van der Waals surface area (Å²) in [6.45, 7) is 10.7. The van der Waals surface area contributed by atoms with Gasteiger partial charge in [0, 0.05) is 52.9 Å². The number of piperazine rings is 1. The van der Waals surface area contributed by atoms with Crippen molar-refractivity contribution in [1.29, 1.82) is 0 Å². The van der Waals surface area contributed by atoms with Gasteiger partial charge >= 0.3 is 0 Å². The number of guanidine groups is 1. The minimum absolute atomic E-state index is 0. The Labute approximate surface area is 168 Å². The van der Waals surface area contributed by atoms with Crippen LogP contribution in [0.1, 0.15) is 25.5 Å². The lowest BCUT2D eigenvalue weighted by Crippen LogP contribution is -2.60. The number of aromatic nitrogens is 3. The van der Waals surface area contributed by atoms with Crippen molar-refractivity contribution < 1.29 is 4.74 Å². The van der Waals surface area contributed by atoms with Crippen LogP contribution in [0.25, 0.3) is 0 Å². The van der Waals surface area contributed by atoms with Crippen molar-refractivity contribution in [2.75, 3.05) is 40.4 Å². The van der Waals surface area contributed by atoms with Crippen molar-refractivity contribution in [1.82, 2.24) is 29.9 Å². The molecule has 1 aromatic rings. The molecule has 1 aliphatic heterocycles. The van der Waals surface area contributed by atoms with Gasteiger partial charge in [-0.15, -0.1) is 34.2 Å². The average molecular weight is 465 g/mol. The lowest BCUT2D eigenvalue weighted by molar-refractivity contribution is 0.0443. The van der Waals surface area contributed by atoms with E-state index in [1.807, 2.05) is 25.6 Å². The number of aryl methyl sites for hydroxylation is 1. The maximum absolute atomic E-state index is 5.23. The molecule has 1 aliphatic rings. The van der Waals surface area contributed by atoms with Crippen LogP contribution < -0.4 is 5.32 Å². The molecule has 25 heavy (non-hydrogen) atoms. The quantitative estimate of drug-likeness (QED) is 0.395. The van der Waals surface area contributed by atoms with Crippen molar-refractivity contribution >= 4 is 29.9 Å². The first-order chi connectivity index (χ1) is 11.5. The summed E-state index contributed by atoms with van der Waals surface area (Å²) in [5, 5.41) is 11.7. The molecule has 0 aliphatic carbocycles. The molecule has 0 bridgehead atoms. The maximum atomic E-state index is 5.23. The molecule has 1 fully saturated rings. The van der Waals surface area contributed by atoms with Crippen LogP contribution in [0.4, 0.5) is 0 Å². The summed E-state index contributed by atoms with van der Waals surface area (Å²) in [5.41, 5.74) is 0. The standard InChI is InChI=1S/C16H31N7O.HI/c1-12-10-22(11-13(2)23(12)7-8-24-6)16(17-4)18-9-15-20-19-14(3)21(15)5;/h12-13H,7-11H2,1-6H3,(H,17,18);1H. The smallest absolute Gasteiger partial charge is 0.194 e. The van der Waals surface area contributed by atoms with Crippen molar-refractivity contribution in [3.63, 3.8) is 0 Å². The van der Waals surface area contributed by atoms with Crippen LogP contribution in [0.5, 0.6) is 0 Å². The van der Waals surface area contributed by atoms with Gasteiger partial charge < -0.3 is 19.5 Å².